The Morgan fingerprint density at radius 2 is 2.00 bits per heavy atom. The number of nitriles is 1. The molecular weight excluding hydrogens is 352 g/mol. The molecule has 0 bridgehead atoms. The quantitative estimate of drug-likeness (QED) is 0.629. The van der Waals surface area contributed by atoms with E-state index in [0.29, 0.717) is 34.4 Å². The fourth-order valence-corrected chi connectivity index (χ4v) is 2.83. The zero-order valence-corrected chi connectivity index (χ0v) is 15.3. The molecule has 138 valence electrons. The molecule has 7 heteroatoms. The number of anilines is 4. The Kier molecular flexibility index (Phi) is 4.68. The molecule has 0 aliphatic heterocycles. The minimum Gasteiger partial charge on any atom is -0.339 e. The Morgan fingerprint density at radius 1 is 1.14 bits per heavy atom. The van der Waals surface area contributed by atoms with Crippen molar-refractivity contribution in [2.24, 2.45) is 5.92 Å². The molecular formula is C21H18N6O. The van der Waals surface area contributed by atoms with Crippen molar-refractivity contribution in [3.63, 3.8) is 0 Å². The standard InChI is InChI=1S/C21H18N6O/c1-13-4-3-9-23-21(13)26-17-10-19(24-12-16(17)20(28)14-7-8-14)27-18-6-2-5-15(11-22)25-18/h2-6,9-10,12,14H,7-8H2,1H3,(H2,23,24,25,26,27). The van der Waals surface area contributed by atoms with E-state index in [2.05, 4.69) is 25.6 Å². The van der Waals surface area contributed by atoms with Crippen LogP contribution in [-0.2, 0) is 0 Å². The number of nitrogens with zero attached hydrogens (tertiary/aromatic N) is 4. The summed E-state index contributed by atoms with van der Waals surface area (Å²) in [4.78, 5) is 25.6. The Bertz CT molecular complexity index is 1080. The second-order valence-electron chi connectivity index (χ2n) is 6.69. The average Bonchev–Trinajstić information content (AvgIpc) is 3.55. The lowest BCUT2D eigenvalue weighted by atomic mass is 10.1. The third-order valence-corrected chi connectivity index (χ3v) is 4.50. The number of aromatic nitrogens is 3. The van der Waals surface area contributed by atoms with E-state index in [-0.39, 0.29) is 11.7 Å². The van der Waals surface area contributed by atoms with Crippen molar-refractivity contribution in [3.8, 4) is 6.07 Å². The first-order valence-corrected chi connectivity index (χ1v) is 9.01. The number of hydrogen-bond acceptors (Lipinski definition) is 7. The number of Topliss-reactive ketones (excluding diaryl/α,β-unsaturated/α-hetero) is 1. The third-order valence-electron chi connectivity index (χ3n) is 4.50. The molecule has 2 N–H and O–H groups in total. The lowest BCUT2D eigenvalue weighted by Gasteiger charge is -2.14. The SMILES string of the molecule is Cc1cccnc1Nc1cc(Nc2cccc(C#N)n2)ncc1C(=O)C1CC1. The highest BCUT2D eigenvalue weighted by Crippen LogP contribution is 2.36. The van der Waals surface area contributed by atoms with Crippen LogP contribution in [0.2, 0.25) is 0 Å². The van der Waals surface area contributed by atoms with Crippen LogP contribution in [0.4, 0.5) is 23.1 Å². The molecule has 0 saturated heterocycles. The maximum absolute atomic E-state index is 12.7. The number of carbonyl (C=O) groups excluding carboxylic acids is 1. The zero-order valence-electron chi connectivity index (χ0n) is 15.3. The van der Waals surface area contributed by atoms with Gasteiger partial charge in [0, 0.05) is 24.4 Å². The summed E-state index contributed by atoms with van der Waals surface area (Å²) in [6.07, 6.45) is 5.13. The number of ketones is 1. The molecule has 3 heterocycles. The van der Waals surface area contributed by atoms with E-state index in [1.54, 1.807) is 36.7 Å². The minimum atomic E-state index is 0.0833. The predicted molar refractivity (Wildman–Crippen MR) is 106 cm³/mol. The molecule has 1 saturated carbocycles. The largest absolute Gasteiger partial charge is 0.339 e. The zero-order chi connectivity index (χ0) is 19.5. The van der Waals surface area contributed by atoms with Gasteiger partial charge in [0.05, 0.1) is 11.3 Å². The van der Waals surface area contributed by atoms with Gasteiger partial charge in [-0.3, -0.25) is 4.79 Å². The van der Waals surface area contributed by atoms with Gasteiger partial charge >= 0.3 is 0 Å². The minimum absolute atomic E-state index is 0.0833. The van der Waals surface area contributed by atoms with Gasteiger partial charge in [-0.15, -0.1) is 0 Å². The molecule has 1 aliphatic carbocycles. The van der Waals surface area contributed by atoms with Gasteiger partial charge < -0.3 is 10.6 Å². The van der Waals surface area contributed by atoms with E-state index in [0.717, 1.165) is 18.4 Å². The monoisotopic (exact) mass is 370 g/mol. The summed E-state index contributed by atoms with van der Waals surface area (Å²) >= 11 is 0. The summed E-state index contributed by atoms with van der Waals surface area (Å²) in [5.74, 6) is 1.90. The van der Waals surface area contributed by atoms with Gasteiger partial charge in [-0.05, 0) is 43.5 Å². The van der Waals surface area contributed by atoms with Crippen LogP contribution in [0.15, 0.2) is 48.8 Å². The van der Waals surface area contributed by atoms with E-state index in [1.807, 2.05) is 25.1 Å². The topological polar surface area (TPSA) is 104 Å². The smallest absolute Gasteiger partial charge is 0.169 e. The summed E-state index contributed by atoms with van der Waals surface area (Å²) in [5.41, 5.74) is 2.49. The lowest BCUT2D eigenvalue weighted by Crippen LogP contribution is -2.09. The van der Waals surface area contributed by atoms with Gasteiger partial charge in [0.1, 0.15) is 29.2 Å². The van der Waals surface area contributed by atoms with Crippen molar-refractivity contribution < 1.29 is 4.79 Å². The highest BCUT2D eigenvalue weighted by atomic mass is 16.1. The molecule has 3 aromatic rings. The van der Waals surface area contributed by atoms with Crippen LogP contribution in [0.1, 0.15) is 34.5 Å². The maximum Gasteiger partial charge on any atom is 0.169 e. The van der Waals surface area contributed by atoms with Crippen molar-refractivity contribution in [1.29, 1.82) is 5.26 Å². The number of hydrogen-bond donors (Lipinski definition) is 2. The van der Waals surface area contributed by atoms with Crippen molar-refractivity contribution in [2.45, 2.75) is 19.8 Å². The second-order valence-corrected chi connectivity index (χ2v) is 6.69. The average molecular weight is 370 g/mol. The van der Waals surface area contributed by atoms with Gasteiger partial charge in [0.25, 0.3) is 0 Å². The second kappa shape index (κ2) is 7.45. The Labute approximate surface area is 162 Å². The van der Waals surface area contributed by atoms with E-state index < -0.39 is 0 Å². The molecule has 0 aromatic carbocycles. The molecule has 0 radical (unpaired) electrons. The first kappa shape index (κ1) is 17.6. The Balaban J connectivity index is 1.68. The number of nitrogens with one attached hydrogen (secondary N) is 2. The summed E-state index contributed by atoms with van der Waals surface area (Å²) in [6.45, 7) is 1.95. The molecule has 0 atom stereocenters. The van der Waals surface area contributed by atoms with Gasteiger partial charge in [-0.1, -0.05) is 12.1 Å². The first-order valence-electron chi connectivity index (χ1n) is 9.01. The van der Waals surface area contributed by atoms with Gasteiger partial charge in [0.2, 0.25) is 0 Å². The van der Waals surface area contributed by atoms with Gasteiger partial charge in [0.15, 0.2) is 5.78 Å². The van der Waals surface area contributed by atoms with Gasteiger partial charge in [-0.2, -0.15) is 5.26 Å². The number of pyridine rings is 3. The summed E-state index contributed by atoms with van der Waals surface area (Å²) < 4.78 is 0. The summed E-state index contributed by atoms with van der Waals surface area (Å²) in [6, 6.07) is 12.7. The molecule has 0 spiro atoms. The number of rotatable bonds is 6. The summed E-state index contributed by atoms with van der Waals surface area (Å²) in [7, 11) is 0. The van der Waals surface area contributed by atoms with Crippen LogP contribution in [0.3, 0.4) is 0 Å². The highest BCUT2D eigenvalue weighted by molar-refractivity contribution is 6.04. The van der Waals surface area contributed by atoms with Crippen molar-refractivity contribution in [2.75, 3.05) is 10.6 Å². The van der Waals surface area contributed by atoms with Gasteiger partial charge in [-0.25, -0.2) is 15.0 Å². The van der Waals surface area contributed by atoms with Crippen LogP contribution < -0.4 is 10.6 Å². The molecule has 3 aromatic heterocycles. The predicted octanol–water partition coefficient (Wildman–Crippen LogP) is 4.13. The normalized spacial score (nSPS) is 12.9. The Morgan fingerprint density at radius 3 is 2.75 bits per heavy atom. The van der Waals surface area contributed by atoms with Crippen molar-refractivity contribution in [1.82, 2.24) is 15.0 Å². The molecule has 4 rings (SSSR count). The lowest BCUT2D eigenvalue weighted by molar-refractivity contribution is 0.0968. The fraction of sp³-hybridized carbons (Fsp3) is 0.190. The van der Waals surface area contributed by atoms with E-state index in [9.17, 15) is 4.79 Å². The van der Waals surface area contributed by atoms with E-state index in [1.165, 1.54) is 0 Å². The molecule has 0 unspecified atom stereocenters. The molecule has 0 amide bonds. The number of aryl methyl sites for hydroxylation is 1. The van der Waals surface area contributed by atoms with Crippen LogP contribution in [0, 0.1) is 24.2 Å². The first-order chi connectivity index (χ1) is 13.6. The third kappa shape index (κ3) is 3.81. The van der Waals surface area contributed by atoms with Crippen LogP contribution in [-0.4, -0.2) is 20.7 Å². The molecule has 1 aliphatic rings. The number of carbonyl (C=O) groups is 1. The molecule has 1 fully saturated rings. The fourth-order valence-electron chi connectivity index (χ4n) is 2.83. The van der Waals surface area contributed by atoms with Crippen LogP contribution >= 0.6 is 0 Å². The Hall–Kier alpha value is -3.79. The molecule has 7 nitrogen and oxygen atoms in total. The summed E-state index contributed by atoms with van der Waals surface area (Å²) in [5, 5.41) is 15.4. The van der Waals surface area contributed by atoms with Crippen LogP contribution in [0.25, 0.3) is 0 Å². The highest BCUT2D eigenvalue weighted by Gasteiger charge is 2.32. The van der Waals surface area contributed by atoms with E-state index in [4.69, 9.17) is 5.26 Å². The van der Waals surface area contributed by atoms with Crippen LogP contribution in [0.5, 0.6) is 0 Å². The van der Waals surface area contributed by atoms with Crippen molar-refractivity contribution in [3.05, 3.63) is 65.6 Å². The molecule has 28 heavy (non-hydrogen) atoms. The van der Waals surface area contributed by atoms with E-state index >= 15 is 0 Å². The maximum atomic E-state index is 12.7. The van der Waals surface area contributed by atoms with Crippen molar-refractivity contribution >= 4 is 28.9 Å².